The van der Waals surface area contributed by atoms with Crippen molar-refractivity contribution in [2.24, 2.45) is 0 Å². The number of anilines is 1. The summed E-state index contributed by atoms with van der Waals surface area (Å²) in [6.45, 7) is 0. The molecule has 20 heavy (non-hydrogen) atoms. The van der Waals surface area contributed by atoms with Crippen molar-refractivity contribution in [2.45, 2.75) is 0 Å². The van der Waals surface area contributed by atoms with Crippen LogP contribution in [0.5, 0.6) is 0 Å². The van der Waals surface area contributed by atoms with Gasteiger partial charge in [0.2, 0.25) is 5.91 Å². The van der Waals surface area contributed by atoms with Crippen molar-refractivity contribution in [3.63, 3.8) is 0 Å². The molecule has 0 unspecified atom stereocenters. The first-order valence-electron chi connectivity index (χ1n) is 5.58. The fraction of sp³-hybridized carbons (Fsp3) is 0. The number of thiocarbonyl (C=S) groups is 1. The summed E-state index contributed by atoms with van der Waals surface area (Å²) in [6.07, 6.45) is 6.05. The van der Waals surface area contributed by atoms with E-state index in [0.717, 1.165) is 4.47 Å². The molecule has 0 atom stereocenters. The van der Waals surface area contributed by atoms with E-state index in [2.05, 4.69) is 31.5 Å². The first-order valence-corrected chi connectivity index (χ1v) is 6.79. The van der Waals surface area contributed by atoms with Gasteiger partial charge in [0.1, 0.15) is 11.6 Å². The lowest BCUT2D eigenvalue weighted by molar-refractivity contribution is -0.115. The molecule has 2 aromatic rings. The van der Waals surface area contributed by atoms with E-state index in [9.17, 15) is 4.79 Å². The fourth-order valence-corrected chi connectivity index (χ4v) is 1.73. The standard InChI is InChI=1S/C13H10BrN3O2S/c14-9-3-5-11(15-8-9)16-13(20)17-12(18)6-4-10-2-1-7-19-10/h1-8H,(H2,15,16,17,18,20). The third kappa shape index (κ3) is 4.60. The van der Waals surface area contributed by atoms with Crippen LogP contribution < -0.4 is 10.6 Å². The molecular formula is C13H10BrN3O2S. The largest absolute Gasteiger partial charge is 0.465 e. The van der Waals surface area contributed by atoms with E-state index >= 15 is 0 Å². The predicted octanol–water partition coefficient (Wildman–Crippen LogP) is 2.96. The zero-order valence-electron chi connectivity index (χ0n) is 10.2. The van der Waals surface area contributed by atoms with Gasteiger partial charge in [-0.2, -0.15) is 0 Å². The van der Waals surface area contributed by atoms with E-state index in [1.807, 2.05) is 6.07 Å². The average molecular weight is 352 g/mol. The SMILES string of the molecule is O=C(C=Cc1ccco1)NC(=S)Nc1ccc(Br)cn1. The van der Waals surface area contributed by atoms with E-state index < -0.39 is 0 Å². The number of amides is 1. The number of carbonyl (C=O) groups is 1. The molecule has 0 saturated heterocycles. The zero-order valence-corrected chi connectivity index (χ0v) is 12.6. The van der Waals surface area contributed by atoms with Crippen LogP contribution in [0.3, 0.4) is 0 Å². The zero-order chi connectivity index (χ0) is 14.4. The highest BCUT2D eigenvalue weighted by Gasteiger charge is 2.02. The monoisotopic (exact) mass is 351 g/mol. The number of rotatable bonds is 3. The Hall–Kier alpha value is -1.99. The number of nitrogens with zero attached hydrogens (tertiary/aromatic N) is 1. The van der Waals surface area contributed by atoms with Crippen LogP contribution in [0.4, 0.5) is 5.82 Å². The van der Waals surface area contributed by atoms with Gasteiger partial charge in [-0.3, -0.25) is 10.1 Å². The van der Waals surface area contributed by atoms with Gasteiger partial charge in [0.25, 0.3) is 0 Å². The molecule has 0 radical (unpaired) electrons. The van der Waals surface area contributed by atoms with Gasteiger partial charge in [-0.15, -0.1) is 0 Å². The number of aromatic nitrogens is 1. The van der Waals surface area contributed by atoms with Crippen molar-refractivity contribution in [3.8, 4) is 0 Å². The number of hydrogen-bond acceptors (Lipinski definition) is 4. The van der Waals surface area contributed by atoms with Gasteiger partial charge in [0.05, 0.1) is 6.26 Å². The topological polar surface area (TPSA) is 67.2 Å². The Balaban J connectivity index is 1.85. The van der Waals surface area contributed by atoms with Gasteiger partial charge < -0.3 is 9.73 Å². The summed E-state index contributed by atoms with van der Waals surface area (Å²) < 4.78 is 5.93. The summed E-state index contributed by atoms with van der Waals surface area (Å²) >= 11 is 8.29. The Bertz CT molecular complexity index is 624. The number of hydrogen-bond donors (Lipinski definition) is 2. The molecule has 1 amide bonds. The molecule has 0 fully saturated rings. The van der Waals surface area contributed by atoms with Gasteiger partial charge in [0.15, 0.2) is 5.11 Å². The molecule has 0 aromatic carbocycles. The second kappa shape index (κ2) is 6.97. The number of furan rings is 1. The fourth-order valence-electron chi connectivity index (χ4n) is 1.29. The average Bonchev–Trinajstić information content (AvgIpc) is 2.92. The van der Waals surface area contributed by atoms with E-state index in [-0.39, 0.29) is 11.0 Å². The van der Waals surface area contributed by atoms with Crippen LogP contribution >= 0.6 is 28.1 Å². The molecule has 2 rings (SSSR count). The molecule has 0 bridgehead atoms. The van der Waals surface area contributed by atoms with Crippen molar-refractivity contribution in [3.05, 3.63) is 53.0 Å². The number of pyridine rings is 1. The first kappa shape index (κ1) is 14.4. The van der Waals surface area contributed by atoms with Crippen molar-refractivity contribution in [1.29, 1.82) is 0 Å². The van der Waals surface area contributed by atoms with Crippen molar-refractivity contribution in [2.75, 3.05) is 5.32 Å². The maximum absolute atomic E-state index is 11.6. The molecule has 2 N–H and O–H groups in total. The van der Waals surface area contributed by atoms with Crippen LogP contribution in [0.15, 0.2) is 51.7 Å². The summed E-state index contributed by atoms with van der Waals surface area (Å²) in [6, 6.07) is 7.03. The van der Waals surface area contributed by atoms with Gasteiger partial charge in [-0.25, -0.2) is 4.98 Å². The molecule has 0 aliphatic carbocycles. The Morgan fingerprint density at radius 2 is 2.25 bits per heavy atom. The molecule has 0 aliphatic heterocycles. The second-order valence-electron chi connectivity index (χ2n) is 3.65. The summed E-state index contributed by atoms with van der Waals surface area (Å²) in [5.41, 5.74) is 0. The van der Waals surface area contributed by atoms with E-state index in [1.165, 1.54) is 12.3 Å². The highest BCUT2D eigenvalue weighted by Crippen LogP contribution is 2.10. The molecule has 0 spiro atoms. The predicted molar refractivity (Wildman–Crippen MR) is 84.0 cm³/mol. The van der Waals surface area contributed by atoms with Crippen LogP contribution in [0.1, 0.15) is 5.76 Å². The van der Waals surface area contributed by atoms with Crippen molar-refractivity contribution in [1.82, 2.24) is 10.3 Å². The smallest absolute Gasteiger partial charge is 0.250 e. The summed E-state index contributed by atoms with van der Waals surface area (Å²) in [7, 11) is 0. The molecule has 0 aliphatic rings. The minimum atomic E-state index is -0.351. The van der Waals surface area contributed by atoms with Gasteiger partial charge in [-0.05, 0) is 58.5 Å². The lowest BCUT2D eigenvalue weighted by Gasteiger charge is -2.06. The van der Waals surface area contributed by atoms with Crippen molar-refractivity contribution >= 4 is 51.1 Å². The van der Waals surface area contributed by atoms with Gasteiger partial charge >= 0.3 is 0 Å². The molecule has 0 saturated carbocycles. The Kier molecular flexibility index (Phi) is 5.03. The quantitative estimate of drug-likeness (QED) is 0.657. The Labute approximate surface area is 129 Å². The molecule has 2 aromatic heterocycles. The maximum atomic E-state index is 11.6. The van der Waals surface area contributed by atoms with E-state index in [4.69, 9.17) is 16.6 Å². The molecule has 7 heteroatoms. The minimum Gasteiger partial charge on any atom is -0.465 e. The molecule has 102 valence electrons. The lowest BCUT2D eigenvalue weighted by Crippen LogP contribution is -2.33. The van der Waals surface area contributed by atoms with Crippen LogP contribution in [0.25, 0.3) is 6.08 Å². The lowest BCUT2D eigenvalue weighted by atomic mass is 10.4. The molecular weight excluding hydrogens is 342 g/mol. The van der Waals surface area contributed by atoms with Crippen LogP contribution in [-0.4, -0.2) is 16.0 Å². The first-order chi connectivity index (χ1) is 9.63. The molecule has 5 nitrogen and oxygen atoms in total. The highest BCUT2D eigenvalue weighted by molar-refractivity contribution is 9.10. The van der Waals surface area contributed by atoms with Crippen LogP contribution in [0, 0.1) is 0 Å². The summed E-state index contributed by atoms with van der Waals surface area (Å²) in [5.74, 6) is 0.790. The third-order valence-electron chi connectivity index (χ3n) is 2.15. The van der Waals surface area contributed by atoms with E-state index in [1.54, 1.807) is 30.5 Å². The van der Waals surface area contributed by atoms with Crippen molar-refractivity contribution < 1.29 is 9.21 Å². The van der Waals surface area contributed by atoms with E-state index in [0.29, 0.717) is 11.6 Å². The molecule has 2 heterocycles. The summed E-state index contributed by atoms with van der Waals surface area (Å²) in [5, 5.41) is 5.49. The number of halogens is 1. The highest BCUT2D eigenvalue weighted by atomic mass is 79.9. The van der Waals surface area contributed by atoms with Gasteiger partial charge in [0, 0.05) is 16.7 Å². The number of carbonyl (C=O) groups excluding carboxylic acids is 1. The Morgan fingerprint density at radius 1 is 1.40 bits per heavy atom. The summed E-state index contributed by atoms with van der Waals surface area (Å²) in [4.78, 5) is 15.7. The normalized spacial score (nSPS) is 10.4. The van der Waals surface area contributed by atoms with Crippen LogP contribution in [-0.2, 0) is 4.79 Å². The third-order valence-corrected chi connectivity index (χ3v) is 2.82. The van der Waals surface area contributed by atoms with Gasteiger partial charge in [-0.1, -0.05) is 0 Å². The van der Waals surface area contributed by atoms with Crippen LogP contribution in [0.2, 0.25) is 0 Å². The number of nitrogens with one attached hydrogen (secondary N) is 2. The second-order valence-corrected chi connectivity index (χ2v) is 4.98. The minimum absolute atomic E-state index is 0.175. The maximum Gasteiger partial charge on any atom is 0.250 e. The Morgan fingerprint density at radius 3 is 2.90 bits per heavy atom.